The molecule has 30 heavy (non-hydrogen) atoms. The highest BCUT2D eigenvalue weighted by Crippen LogP contribution is 2.54. The molecule has 2 aromatic carbocycles. The molecule has 0 saturated carbocycles. The molecule has 1 heterocycles. The molecule has 3 rings (SSSR count). The molecule has 1 unspecified atom stereocenters. The molecule has 0 N–H and O–H groups in total. The predicted molar refractivity (Wildman–Crippen MR) is 103 cm³/mol. The Bertz CT molecular complexity index is 1110. The Morgan fingerprint density at radius 1 is 0.900 bits per heavy atom. The molecule has 1 atom stereocenters. The molecule has 0 radical (unpaired) electrons. The second-order valence-electron chi connectivity index (χ2n) is 6.47. The number of hydrogen-bond acceptors (Lipinski definition) is 3. The van der Waals surface area contributed by atoms with E-state index in [1.165, 1.54) is 0 Å². The second kappa shape index (κ2) is 8.56. The Hall–Kier alpha value is -2.11. The van der Waals surface area contributed by atoms with E-state index in [0.717, 1.165) is 5.56 Å². The number of rotatable bonds is 2. The summed E-state index contributed by atoms with van der Waals surface area (Å²) >= 11 is 0. The lowest BCUT2D eigenvalue weighted by Gasteiger charge is -2.08. The average Bonchev–Trinajstić information content (AvgIpc) is 3.00. The summed E-state index contributed by atoms with van der Waals surface area (Å²) in [5.74, 6) is 0.365. The minimum absolute atomic E-state index is 0.365. The summed E-state index contributed by atoms with van der Waals surface area (Å²) in [5, 5.41) is 0.672. The van der Waals surface area contributed by atoms with Crippen LogP contribution in [-0.4, -0.2) is 18.5 Å². The summed E-state index contributed by atoms with van der Waals surface area (Å²) in [6.45, 7) is 4.14. The number of alkyl halides is 6. The van der Waals surface area contributed by atoms with E-state index in [1.807, 2.05) is 12.1 Å². The number of hydrogen-bond donors (Lipinski definition) is 0. The van der Waals surface area contributed by atoms with E-state index in [9.17, 15) is 26.3 Å². The first-order chi connectivity index (χ1) is 13.6. The predicted octanol–water partition coefficient (Wildman–Crippen LogP) is 6.91. The molecule has 11 heteroatoms. The zero-order valence-electron chi connectivity index (χ0n) is 15.6. The zero-order chi connectivity index (χ0) is 22.9. The third-order valence-electron chi connectivity index (χ3n) is 4.02. The Balaban J connectivity index is 0.000000343. The molecule has 164 valence electrons. The van der Waals surface area contributed by atoms with Gasteiger partial charge in [0.05, 0.1) is 0 Å². The van der Waals surface area contributed by atoms with Gasteiger partial charge in [-0.15, -0.1) is 13.2 Å². The van der Waals surface area contributed by atoms with Gasteiger partial charge < -0.3 is 4.55 Å². The first-order valence-corrected chi connectivity index (χ1v) is 11.0. The monoisotopic (exact) mass is 470 g/mol. The zero-order valence-corrected chi connectivity index (χ0v) is 17.2. The maximum absolute atomic E-state index is 13.6. The molecule has 0 aliphatic heterocycles. The molecule has 0 amide bonds. The van der Waals surface area contributed by atoms with Gasteiger partial charge in [-0.05, 0) is 35.7 Å². The largest absolute Gasteiger partial charge is 0.741 e. The molecule has 0 saturated heterocycles. The van der Waals surface area contributed by atoms with Gasteiger partial charge in [0.25, 0.3) is 0 Å². The van der Waals surface area contributed by atoms with E-state index in [1.54, 1.807) is 42.5 Å². The minimum atomic E-state index is -6.09. The van der Waals surface area contributed by atoms with Crippen LogP contribution in [0.15, 0.2) is 54.6 Å². The average molecular weight is 470 g/mol. The van der Waals surface area contributed by atoms with Crippen LogP contribution in [0.1, 0.15) is 25.3 Å². The summed E-state index contributed by atoms with van der Waals surface area (Å²) in [5.41, 5.74) is -8.12. The van der Waals surface area contributed by atoms with Crippen LogP contribution >= 0.6 is 10.5 Å². The van der Waals surface area contributed by atoms with Crippen LogP contribution in [0.3, 0.4) is 0 Å². The van der Waals surface area contributed by atoms with Gasteiger partial charge in [-0.2, -0.15) is 13.2 Å². The molecular formula is C19H16F6O3S2. The standard InChI is InChI=1S/C18H16F3S.CHF3O3S/c1-12(2)13-7-9-14(10-8-13)17-11-15-5-3-4-6-16(15)22(17)18(19,20)21;2-1(3,4)8(5,6)7/h3-12H,1-2H3;(H,5,6,7)/q+1;/p-1. The van der Waals surface area contributed by atoms with E-state index in [0.29, 0.717) is 26.4 Å². The first kappa shape index (κ1) is 24.2. The highest BCUT2D eigenvalue weighted by Gasteiger charge is 2.48. The number of thiophene rings is 1. The fraction of sp³-hybridized carbons (Fsp3) is 0.263. The van der Waals surface area contributed by atoms with Crippen LogP contribution in [0, 0.1) is 0 Å². The lowest BCUT2D eigenvalue weighted by molar-refractivity contribution is -0.0864. The second-order valence-corrected chi connectivity index (χ2v) is 9.80. The highest BCUT2D eigenvalue weighted by molar-refractivity contribution is 7.86. The maximum atomic E-state index is 13.6. The van der Waals surface area contributed by atoms with Crippen LogP contribution in [-0.2, 0) is 15.6 Å². The van der Waals surface area contributed by atoms with Crippen molar-refractivity contribution in [3.8, 4) is 10.4 Å². The summed E-state index contributed by atoms with van der Waals surface area (Å²) in [6.07, 6.45) is 0. The topological polar surface area (TPSA) is 57.2 Å². The van der Waals surface area contributed by atoms with Crippen molar-refractivity contribution in [1.82, 2.24) is 0 Å². The molecule has 0 spiro atoms. The lowest BCUT2D eigenvalue weighted by atomic mass is 10.0. The van der Waals surface area contributed by atoms with Crippen LogP contribution in [0.2, 0.25) is 0 Å². The van der Waals surface area contributed by atoms with E-state index in [-0.39, 0.29) is 0 Å². The summed E-state index contributed by atoms with van der Waals surface area (Å²) in [7, 11) is -7.95. The lowest BCUT2D eigenvalue weighted by Crippen LogP contribution is -2.21. The number of halogens is 6. The van der Waals surface area contributed by atoms with Crippen LogP contribution in [0.4, 0.5) is 26.3 Å². The van der Waals surface area contributed by atoms with Gasteiger partial charge >= 0.3 is 11.0 Å². The van der Waals surface area contributed by atoms with Crippen molar-refractivity contribution in [2.45, 2.75) is 30.8 Å². The Labute approximate surface area is 171 Å². The van der Waals surface area contributed by atoms with Crippen molar-refractivity contribution >= 4 is 30.7 Å². The smallest absolute Gasteiger partial charge is 0.601 e. The number of benzene rings is 2. The van der Waals surface area contributed by atoms with E-state index >= 15 is 0 Å². The van der Waals surface area contributed by atoms with Gasteiger partial charge in [-0.1, -0.05) is 38.1 Å². The molecule has 0 bridgehead atoms. The molecule has 1 aromatic heterocycles. The third kappa shape index (κ3) is 5.52. The van der Waals surface area contributed by atoms with Crippen molar-refractivity contribution < 1.29 is 39.3 Å². The maximum Gasteiger partial charge on any atom is 0.601 e. The van der Waals surface area contributed by atoms with Crippen molar-refractivity contribution in [2.24, 2.45) is 0 Å². The normalized spacial score (nSPS) is 13.3. The SMILES string of the molecule is CC(C)c1ccc(-c2cc3ccccc3[s+]2C(F)(F)F)cc1.O=S(=O)([O-])C(F)(F)F. The van der Waals surface area contributed by atoms with Gasteiger partial charge in [0.15, 0.2) is 19.7 Å². The van der Waals surface area contributed by atoms with Gasteiger partial charge in [-0.25, -0.2) is 8.42 Å². The van der Waals surface area contributed by atoms with Crippen LogP contribution in [0.5, 0.6) is 0 Å². The van der Waals surface area contributed by atoms with Gasteiger partial charge in [-0.3, -0.25) is 0 Å². The van der Waals surface area contributed by atoms with E-state index in [4.69, 9.17) is 13.0 Å². The van der Waals surface area contributed by atoms with Crippen molar-refractivity contribution in [3.63, 3.8) is 0 Å². The Morgan fingerprint density at radius 2 is 1.40 bits per heavy atom. The highest BCUT2D eigenvalue weighted by atomic mass is 32.2. The fourth-order valence-electron chi connectivity index (χ4n) is 2.59. The molecule has 3 aromatic rings. The third-order valence-corrected chi connectivity index (χ3v) is 6.66. The van der Waals surface area contributed by atoms with E-state index < -0.39 is 31.6 Å². The number of fused-ring (bicyclic) bond motifs is 1. The first-order valence-electron chi connectivity index (χ1n) is 8.37. The van der Waals surface area contributed by atoms with Crippen molar-refractivity contribution in [3.05, 3.63) is 60.2 Å². The molecule has 0 aliphatic carbocycles. The molecule has 0 fully saturated rings. The van der Waals surface area contributed by atoms with Crippen molar-refractivity contribution in [1.29, 1.82) is 0 Å². The Kier molecular flexibility index (Phi) is 6.89. The Morgan fingerprint density at radius 3 is 1.83 bits per heavy atom. The quantitative estimate of drug-likeness (QED) is 0.177. The van der Waals surface area contributed by atoms with E-state index in [2.05, 4.69) is 13.8 Å². The van der Waals surface area contributed by atoms with Crippen LogP contribution in [0.25, 0.3) is 20.5 Å². The van der Waals surface area contributed by atoms with Crippen molar-refractivity contribution in [2.75, 3.05) is 0 Å². The molecular weight excluding hydrogens is 454 g/mol. The van der Waals surface area contributed by atoms with Gasteiger partial charge in [0.2, 0.25) is 0 Å². The molecule has 0 aliphatic rings. The van der Waals surface area contributed by atoms with Gasteiger partial charge in [0, 0.05) is 17.0 Å². The van der Waals surface area contributed by atoms with Gasteiger partial charge in [0.1, 0.15) is 10.5 Å². The van der Waals surface area contributed by atoms with Crippen LogP contribution < -0.4 is 0 Å². The summed E-state index contributed by atoms with van der Waals surface area (Å²) in [4.78, 5) is 0.365. The minimum Gasteiger partial charge on any atom is -0.741 e. The summed E-state index contributed by atoms with van der Waals surface area (Å²) in [6, 6.07) is 15.9. The fourth-order valence-corrected chi connectivity index (χ4v) is 4.52. The summed E-state index contributed by atoms with van der Waals surface area (Å²) < 4.78 is 99.9. The molecule has 3 nitrogen and oxygen atoms in total.